The number of alkyl halides is 1. The Bertz CT molecular complexity index is 728. The molecule has 1 saturated heterocycles. The molecule has 0 spiro atoms. The lowest BCUT2D eigenvalue weighted by molar-refractivity contribution is -0.384. The van der Waals surface area contributed by atoms with Crippen LogP contribution in [0.2, 0.25) is 0 Å². The smallest absolute Gasteiger partial charge is 0.294 e. The van der Waals surface area contributed by atoms with Crippen LogP contribution in [0.3, 0.4) is 0 Å². The molecule has 0 saturated carbocycles. The third-order valence-corrected chi connectivity index (χ3v) is 4.63. The summed E-state index contributed by atoms with van der Waals surface area (Å²) in [7, 11) is 0. The van der Waals surface area contributed by atoms with Crippen LogP contribution < -0.4 is 10.6 Å². The van der Waals surface area contributed by atoms with Gasteiger partial charge in [0.05, 0.1) is 10.5 Å². The minimum absolute atomic E-state index is 0.104. The average molecular weight is 448 g/mol. The van der Waals surface area contributed by atoms with Gasteiger partial charge in [0.2, 0.25) is 5.91 Å². The number of benzene rings is 1. The Hall–Kier alpha value is -1.87. The van der Waals surface area contributed by atoms with Crippen LogP contribution in [0.25, 0.3) is 0 Å². The first kappa shape index (κ1) is 20.4. The molecule has 1 unspecified atom stereocenters. The van der Waals surface area contributed by atoms with Crippen LogP contribution in [0.15, 0.2) is 16.6 Å². The van der Waals surface area contributed by atoms with E-state index in [1.54, 1.807) is 11.0 Å². The van der Waals surface area contributed by atoms with Gasteiger partial charge in [-0.1, -0.05) is 15.9 Å². The summed E-state index contributed by atoms with van der Waals surface area (Å²) in [6.45, 7) is 4.51. The van der Waals surface area contributed by atoms with E-state index < -0.39 is 10.8 Å². The number of hydrogen-bond acceptors (Lipinski definition) is 5. The zero-order chi connectivity index (χ0) is 19.4. The molecule has 1 atom stereocenters. The van der Waals surface area contributed by atoms with Gasteiger partial charge in [0.25, 0.3) is 11.6 Å². The quantitative estimate of drug-likeness (QED) is 0.396. The fourth-order valence-electron chi connectivity index (χ4n) is 2.80. The number of likely N-dealkylation sites (tertiary alicyclic amines) is 1. The number of hydrogen-bond donors (Lipinski definition) is 2. The topological polar surface area (TPSA) is 105 Å². The molecule has 2 N–H and O–H groups in total. The van der Waals surface area contributed by atoms with Gasteiger partial charge in [-0.25, -0.2) is 0 Å². The molecule has 0 aliphatic carbocycles. The molecule has 8 nitrogen and oxygen atoms in total. The van der Waals surface area contributed by atoms with Crippen molar-refractivity contribution in [3.63, 3.8) is 0 Å². The van der Waals surface area contributed by atoms with E-state index in [-0.39, 0.29) is 40.8 Å². The SMILES string of the molecule is CC(C)NC(=O)c1cc(Br)cc([N+](=O)[O-])c1NC1CCN(C(=O)CCl)C1. The van der Waals surface area contributed by atoms with Crippen molar-refractivity contribution in [1.82, 2.24) is 10.2 Å². The van der Waals surface area contributed by atoms with Crippen molar-refractivity contribution in [2.24, 2.45) is 0 Å². The van der Waals surface area contributed by atoms with Crippen molar-refractivity contribution in [1.29, 1.82) is 0 Å². The summed E-state index contributed by atoms with van der Waals surface area (Å²) in [5, 5.41) is 17.3. The number of halogens is 2. The third kappa shape index (κ3) is 4.85. The number of nitrogens with one attached hydrogen (secondary N) is 2. The number of nitrogens with zero attached hydrogens (tertiary/aromatic N) is 2. The van der Waals surface area contributed by atoms with Crippen molar-refractivity contribution in [3.8, 4) is 0 Å². The second-order valence-corrected chi connectivity index (χ2v) is 7.52. The van der Waals surface area contributed by atoms with Gasteiger partial charge in [0, 0.05) is 35.7 Å². The summed E-state index contributed by atoms with van der Waals surface area (Å²) in [5.41, 5.74) is 0.138. The first-order chi connectivity index (χ1) is 12.2. The molecule has 1 heterocycles. The highest BCUT2D eigenvalue weighted by Gasteiger charge is 2.30. The molecule has 1 aromatic rings. The lowest BCUT2D eigenvalue weighted by atomic mass is 10.1. The minimum atomic E-state index is -0.532. The Labute approximate surface area is 164 Å². The van der Waals surface area contributed by atoms with E-state index in [0.717, 1.165) is 0 Å². The van der Waals surface area contributed by atoms with E-state index >= 15 is 0 Å². The van der Waals surface area contributed by atoms with Gasteiger partial charge in [0.15, 0.2) is 0 Å². The Balaban J connectivity index is 2.34. The zero-order valence-electron chi connectivity index (χ0n) is 14.4. The van der Waals surface area contributed by atoms with Crippen LogP contribution in [0.1, 0.15) is 30.6 Å². The van der Waals surface area contributed by atoms with Crippen LogP contribution in [0, 0.1) is 10.1 Å². The molecular formula is C16H20BrClN4O4. The molecule has 142 valence electrons. The first-order valence-electron chi connectivity index (χ1n) is 8.12. The highest BCUT2D eigenvalue weighted by atomic mass is 79.9. The molecule has 2 amide bonds. The number of carbonyl (C=O) groups is 2. The normalized spacial score (nSPS) is 16.7. The van der Waals surface area contributed by atoms with Crippen molar-refractivity contribution >= 4 is 50.7 Å². The number of carbonyl (C=O) groups excluding carboxylic acids is 2. The molecular weight excluding hydrogens is 428 g/mol. The standard InChI is InChI=1S/C16H20BrClN4O4/c1-9(2)19-16(24)12-5-10(17)6-13(22(25)26)15(12)20-11-3-4-21(8-11)14(23)7-18/h5-6,9,11,20H,3-4,7-8H2,1-2H3,(H,19,24). The lowest BCUT2D eigenvalue weighted by Gasteiger charge is -2.19. The maximum atomic E-state index is 12.5. The van der Waals surface area contributed by atoms with E-state index in [2.05, 4.69) is 26.6 Å². The Morgan fingerprint density at radius 3 is 2.73 bits per heavy atom. The zero-order valence-corrected chi connectivity index (χ0v) is 16.8. The van der Waals surface area contributed by atoms with Crippen molar-refractivity contribution in [2.75, 3.05) is 24.3 Å². The number of nitro groups is 1. The van der Waals surface area contributed by atoms with Gasteiger partial charge in [-0.15, -0.1) is 11.6 Å². The Morgan fingerprint density at radius 1 is 1.46 bits per heavy atom. The largest absolute Gasteiger partial charge is 0.374 e. The van der Waals surface area contributed by atoms with Crippen LogP contribution in [-0.4, -0.2) is 52.7 Å². The minimum Gasteiger partial charge on any atom is -0.374 e. The fourth-order valence-corrected chi connectivity index (χ4v) is 3.42. The summed E-state index contributed by atoms with van der Waals surface area (Å²) >= 11 is 8.80. The number of anilines is 1. The summed E-state index contributed by atoms with van der Waals surface area (Å²) in [6, 6.07) is 2.58. The first-order valence-corrected chi connectivity index (χ1v) is 9.44. The highest BCUT2D eigenvalue weighted by Crippen LogP contribution is 2.34. The molecule has 1 fully saturated rings. The Kier molecular flexibility index (Phi) is 6.82. The molecule has 0 aromatic heterocycles. The highest BCUT2D eigenvalue weighted by molar-refractivity contribution is 9.10. The lowest BCUT2D eigenvalue weighted by Crippen LogP contribution is -2.34. The molecule has 26 heavy (non-hydrogen) atoms. The molecule has 1 aliphatic rings. The Morgan fingerprint density at radius 2 is 2.15 bits per heavy atom. The molecule has 0 bridgehead atoms. The van der Waals surface area contributed by atoms with Crippen LogP contribution in [0.5, 0.6) is 0 Å². The van der Waals surface area contributed by atoms with Gasteiger partial charge < -0.3 is 15.5 Å². The maximum Gasteiger partial charge on any atom is 0.294 e. The average Bonchev–Trinajstić information content (AvgIpc) is 3.03. The van der Waals surface area contributed by atoms with Gasteiger partial charge in [-0.2, -0.15) is 0 Å². The predicted octanol–water partition coefficient (Wildman–Crippen LogP) is 2.75. The molecule has 0 radical (unpaired) electrons. The van der Waals surface area contributed by atoms with Gasteiger partial charge in [-0.3, -0.25) is 19.7 Å². The van der Waals surface area contributed by atoms with E-state index in [1.165, 1.54) is 6.07 Å². The van der Waals surface area contributed by atoms with Crippen LogP contribution in [0.4, 0.5) is 11.4 Å². The van der Waals surface area contributed by atoms with Crippen molar-refractivity contribution < 1.29 is 14.5 Å². The second-order valence-electron chi connectivity index (χ2n) is 6.34. The summed E-state index contributed by atoms with van der Waals surface area (Å²) in [4.78, 5) is 36.8. The third-order valence-electron chi connectivity index (χ3n) is 3.95. The van der Waals surface area contributed by atoms with E-state index in [0.29, 0.717) is 24.0 Å². The molecule has 1 aromatic carbocycles. The van der Waals surface area contributed by atoms with Crippen LogP contribution >= 0.6 is 27.5 Å². The van der Waals surface area contributed by atoms with Crippen molar-refractivity contribution in [2.45, 2.75) is 32.4 Å². The summed E-state index contributed by atoms with van der Waals surface area (Å²) in [6.07, 6.45) is 0.612. The van der Waals surface area contributed by atoms with Gasteiger partial charge in [-0.05, 0) is 26.3 Å². The number of rotatable bonds is 6. The monoisotopic (exact) mass is 446 g/mol. The maximum absolute atomic E-state index is 12.5. The number of nitro benzene ring substituents is 1. The molecule has 1 aliphatic heterocycles. The van der Waals surface area contributed by atoms with E-state index in [4.69, 9.17) is 11.6 Å². The van der Waals surface area contributed by atoms with E-state index in [9.17, 15) is 19.7 Å². The molecule has 2 rings (SSSR count). The van der Waals surface area contributed by atoms with Crippen molar-refractivity contribution in [3.05, 3.63) is 32.3 Å². The fraction of sp³-hybridized carbons (Fsp3) is 0.500. The van der Waals surface area contributed by atoms with Gasteiger partial charge in [0.1, 0.15) is 11.6 Å². The molecule has 10 heteroatoms. The van der Waals surface area contributed by atoms with E-state index in [1.807, 2.05) is 13.8 Å². The summed E-state index contributed by atoms with van der Waals surface area (Å²) < 4.78 is 0.439. The predicted molar refractivity (Wildman–Crippen MR) is 103 cm³/mol. The number of amides is 2. The van der Waals surface area contributed by atoms with Gasteiger partial charge >= 0.3 is 0 Å². The summed E-state index contributed by atoms with van der Waals surface area (Å²) in [5.74, 6) is -0.689. The second kappa shape index (κ2) is 8.68. The van der Waals surface area contributed by atoms with Crippen LogP contribution in [-0.2, 0) is 4.79 Å².